The van der Waals surface area contributed by atoms with E-state index in [9.17, 15) is 19.5 Å². The van der Waals surface area contributed by atoms with E-state index in [4.69, 9.17) is 0 Å². The largest absolute Gasteiger partial charge is 0.480 e. The van der Waals surface area contributed by atoms with Gasteiger partial charge in [-0.15, -0.1) is 0 Å². The van der Waals surface area contributed by atoms with Crippen LogP contribution in [0.2, 0.25) is 0 Å². The maximum Gasteiger partial charge on any atom is 0.329 e. The summed E-state index contributed by atoms with van der Waals surface area (Å²) in [6, 6.07) is 6.37. The number of hydrogen-bond donors (Lipinski definition) is 2. The van der Waals surface area contributed by atoms with Crippen molar-refractivity contribution in [2.75, 3.05) is 14.1 Å². The van der Waals surface area contributed by atoms with Crippen LogP contribution in [0.25, 0.3) is 0 Å². The molecule has 1 fully saturated rings. The predicted octanol–water partition coefficient (Wildman–Crippen LogP) is 2.54. The standard InChI is InChI=1S/C19H26N2O4/c1-4-13-8-10-19(11-9-13,18(24)25)20-16(22)14-6-5-7-15(12-14)17(23)21(2)3/h5-7,12-13H,4,8-11H2,1-3H3,(H,20,22)(H,24,25). The Labute approximate surface area is 148 Å². The summed E-state index contributed by atoms with van der Waals surface area (Å²) in [6.45, 7) is 2.10. The SMILES string of the molecule is CCC1CCC(NC(=O)c2cccc(C(=O)N(C)C)c2)(C(=O)O)CC1. The van der Waals surface area contributed by atoms with Gasteiger partial charge in [-0.2, -0.15) is 0 Å². The fourth-order valence-electron chi connectivity index (χ4n) is 3.31. The minimum atomic E-state index is -1.22. The Morgan fingerprint density at radius 2 is 1.80 bits per heavy atom. The molecular weight excluding hydrogens is 320 g/mol. The van der Waals surface area contributed by atoms with E-state index < -0.39 is 17.4 Å². The third-order valence-electron chi connectivity index (χ3n) is 5.08. The summed E-state index contributed by atoms with van der Waals surface area (Å²) in [5.41, 5.74) is -0.521. The van der Waals surface area contributed by atoms with Gasteiger partial charge in [-0.25, -0.2) is 4.79 Å². The first-order valence-electron chi connectivity index (χ1n) is 8.66. The molecule has 1 aliphatic carbocycles. The average molecular weight is 346 g/mol. The molecule has 0 heterocycles. The van der Waals surface area contributed by atoms with Gasteiger partial charge in [0.2, 0.25) is 0 Å². The van der Waals surface area contributed by atoms with Gasteiger partial charge >= 0.3 is 5.97 Å². The summed E-state index contributed by atoms with van der Waals surface area (Å²) in [4.78, 5) is 37.9. The van der Waals surface area contributed by atoms with Crippen LogP contribution in [0.1, 0.15) is 59.7 Å². The van der Waals surface area contributed by atoms with Crippen molar-refractivity contribution in [2.45, 2.75) is 44.6 Å². The number of carboxylic acids is 1. The highest BCUT2D eigenvalue weighted by Gasteiger charge is 2.43. The first kappa shape index (κ1) is 19.0. The molecule has 0 unspecified atom stereocenters. The van der Waals surface area contributed by atoms with E-state index in [1.165, 1.54) is 11.0 Å². The van der Waals surface area contributed by atoms with Crippen LogP contribution in [-0.2, 0) is 4.79 Å². The molecule has 0 radical (unpaired) electrons. The van der Waals surface area contributed by atoms with Gasteiger partial charge in [0.05, 0.1) is 0 Å². The zero-order chi connectivity index (χ0) is 18.6. The molecule has 1 aromatic carbocycles. The molecule has 1 saturated carbocycles. The summed E-state index contributed by atoms with van der Waals surface area (Å²) < 4.78 is 0. The Balaban J connectivity index is 2.18. The molecule has 2 rings (SSSR count). The van der Waals surface area contributed by atoms with E-state index in [1.54, 1.807) is 32.3 Å². The van der Waals surface area contributed by atoms with Gasteiger partial charge in [-0.3, -0.25) is 9.59 Å². The van der Waals surface area contributed by atoms with E-state index in [-0.39, 0.29) is 5.91 Å². The lowest BCUT2D eigenvalue weighted by Crippen LogP contribution is -2.56. The van der Waals surface area contributed by atoms with Gasteiger partial charge in [-0.1, -0.05) is 19.4 Å². The van der Waals surface area contributed by atoms with Crippen molar-refractivity contribution in [3.8, 4) is 0 Å². The van der Waals surface area contributed by atoms with E-state index in [0.29, 0.717) is 29.9 Å². The lowest BCUT2D eigenvalue weighted by molar-refractivity contribution is -0.146. The fraction of sp³-hybridized carbons (Fsp3) is 0.526. The first-order chi connectivity index (χ1) is 11.8. The second-order valence-electron chi connectivity index (χ2n) is 6.97. The topological polar surface area (TPSA) is 86.7 Å². The summed E-state index contributed by atoms with van der Waals surface area (Å²) in [7, 11) is 3.28. The summed E-state index contributed by atoms with van der Waals surface area (Å²) >= 11 is 0. The monoisotopic (exact) mass is 346 g/mol. The molecule has 2 amide bonds. The van der Waals surface area contributed by atoms with Crippen molar-refractivity contribution in [1.82, 2.24) is 10.2 Å². The lowest BCUT2D eigenvalue weighted by Gasteiger charge is -2.37. The number of carboxylic acid groups (broad SMARTS) is 1. The molecule has 0 bridgehead atoms. The maximum absolute atomic E-state index is 12.6. The molecule has 0 saturated heterocycles. The zero-order valence-corrected chi connectivity index (χ0v) is 15.0. The van der Waals surface area contributed by atoms with Gasteiger partial charge in [0, 0.05) is 25.2 Å². The van der Waals surface area contributed by atoms with E-state index >= 15 is 0 Å². The number of aliphatic carboxylic acids is 1. The molecule has 136 valence electrons. The number of carbonyl (C=O) groups is 3. The van der Waals surface area contributed by atoms with Crippen LogP contribution in [0, 0.1) is 5.92 Å². The second-order valence-corrected chi connectivity index (χ2v) is 6.97. The molecule has 2 N–H and O–H groups in total. The normalized spacial score (nSPS) is 22.9. The highest BCUT2D eigenvalue weighted by molar-refractivity contribution is 6.01. The van der Waals surface area contributed by atoms with E-state index in [0.717, 1.165) is 19.3 Å². The van der Waals surface area contributed by atoms with E-state index in [1.807, 2.05) is 0 Å². The van der Waals surface area contributed by atoms with Gasteiger partial charge in [-0.05, 0) is 49.8 Å². The number of nitrogens with one attached hydrogen (secondary N) is 1. The van der Waals surface area contributed by atoms with Crippen LogP contribution < -0.4 is 5.32 Å². The molecule has 1 aliphatic rings. The van der Waals surface area contributed by atoms with Gasteiger partial charge < -0.3 is 15.3 Å². The van der Waals surface area contributed by atoms with E-state index in [2.05, 4.69) is 12.2 Å². The zero-order valence-electron chi connectivity index (χ0n) is 15.0. The average Bonchev–Trinajstić information content (AvgIpc) is 2.61. The summed E-state index contributed by atoms with van der Waals surface area (Å²) in [6.07, 6.45) is 3.48. The third kappa shape index (κ3) is 4.18. The van der Waals surface area contributed by atoms with Crippen LogP contribution in [0.15, 0.2) is 24.3 Å². The van der Waals surface area contributed by atoms with Crippen LogP contribution in [0.5, 0.6) is 0 Å². The smallest absolute Gasteiger partial charge is 0.329 e. The van der Waals surface area contributed by atoms with Crippen LogP contribution in [0.3, 0.4) is 0 Å². The van der Waals surface area contributed by atoms with Crippen molar-refractivity contribution >= 4 is 17.8 Å². The van der Waals surface area contributed by atoms with Crippen molar-refractivity contribution in [3.63, 3.8) is 0 Å². The number of benzene rings is 1. The van der Waals surface area contributed by atoms with Crippen molar-refractivity contribution in [1.29, 1.82) is 0 Å². The number of carbonyl (C=O) groups excluding carboxylic acids is 2. The van der Waals surface area contributed by atoms with Gasteiger partial charge in [0.15, 0.2) is 0 Å². The van der Waals surface area contributed by atoms with Crippen LogP contribution >= 0.6 is 0 Å². The molecule has 0 aromatic heterocycles. The Bertz CT molecular complexity index is 661. The first-order valence-corrected chi connectivity index (χ1v) is 8.66. The molecule has 0 aliphatic heterocycles. The lowest BCUT2D eigenvalue weighted by atomic mass is 9.75. The van der Waals surface area contributed by atoms with Crippen molar-refractivity contribution in [2.24, 2.45) is 5.92 Å². The van der Waals surface area contributed by atoms with Gasteiger partial charge in [0.25, 0.3) is 11.8 Å². The Morgan fingerprint density at radius 3 is 2.32 bits per heavy atom. The minimum Gasteiger partial charge on any atom is -0.480 e. The molecular formula is C19H26N2O4. The Kier molecular flexibility index (Phi) is 5.82. The molecule has 0 spiro atoms. The van der Waals surface area contributed by atoms with Crippen molar-refractivity contribution < 1.29 is 19.5 Å². The minimum absolute atomic E-state index is 0.203. The fourth-order valence-corrected chi connectivity index (χ4v) is 3.31. The molecule has 6 nitrogen and oxygen atoms in total. The summed E-state index contributed by atoms with van der Waals surface area (Å²) in [5.74, 6) is -1.13. The summed E-state index contributed by atoms with van der Waals surface area (Å²) in [5, 5.41) is 12.4. The third-order valence-corrected chi connectivity index (χ3v) is 5.08. The van der Waals surface area contributed by atoms with Crippen LogP contribution in [0.4, 0.5) is 0 Å². The highest BCUT2D eigenvalue weighted by atomic mass is 16.4. The van der Waals surface area contributed by atoms with Gasteiger partial charge in [0.1, 0.15) is 5.54 Å². The van der Waals surface area contributed by atoms with Crippen LogP contribution in [-0.4, -0.2) is 47.4 Å². The molecule has 0 atom stereocenters. The highest BCUT2D eigenvalue weighted by Crippen LogP contribution is 2.34. The maximum atomic E-state index is 12.6. The number of amides is 2. The predicted molar refractivity (Wildman–Crippen MR) is 94.5 cm³/mol. The Hall–Kier alpha value is -2.37. The number of rotatable bonds is 5. The molecule has 6 heteroatoms. The quantitative estimate of drug-likeness (QED) is 0.858. The number of nitrogens with zero attached hydrogens (tertiary/aromatic N) is 1. The molecule has 1 aromatic rings. The van der Waals surface area contributed by atoms with Crippen molar-refractivity contribution in [3.05, 3.63) is 35.4 Å². The molecule has 25 heavy (non-hydrogen) atoms. The Morgan fingerprint density at radius 1 is 1.20 bits per heavy atom. The number of hydrogen-bond acceptors (Lipinski definition) is 3. The second kappa shape index (κ2) is 7.68.